The third-order valence-corrected chi connectivity index (χ3v) is 11.9. The molecule has 1 aromatic heterocycles. The van der Waals surface area contributed by atoms with Gasteiger partial charge in [0, 0.05) is 27.6 Å². The smallest absolute Gasteiger partial charge is 0.145 e. The van der Waals surface area contributed by atoms with E-state index >= 15 is 0 Å². The Morgan fingerprint density at radius 1 is 0.585 bits per heavy atom. The molecule has 0 saturated heterocycles. The number of aryl methyl sites for hydroxylation is 1. The molecule has 53 heavy (non-hydrogen) atoms. The zero-order valence-electron chi connectivity index (χ0n) is 29.9. The summed E-state index contributed by atoms with van der Waals surface area (Å²) in [5.74, 6) is 0. The Morgan fingerprint density at radius 2 is 1.30 bits per heavy atom. The van der Waals surface area contributed by atoms with Crippen molar-refractivity contribution in [2.75, 3.05) is 4.90 Å². The first-order valence-electron chi connectivity index (χ1n) is 18.7. The van der Waals surface area contributed by atoms with Gasteiger partial charge < -0.3 is 9.32 Å². The van der Waals surface area contributed by atoms with Crippen LogP contribution in [0.15, 0.2) is 162 Å². The molecule has 2 aliphatic carbocycles. The van der Waals surface area contributed by atoms with Crippen molar-refractivity contribution in [1.82, 2.24) is 0 Å². The highest BCUT2D eigenvalue weighted by Gasteiger charge is 2.39. The molecule has 0 bridgehead atoms. The van der Waals surface area contributed by atoms with Crippen molar-refractivity contribution in [3.63, 3.8) is 0 Å². The van der Waals surface area contributed by atoms with Gasteiger partial charge in [0.1, 0.15) is 11.2 Å². The van der Waals surface area contributed by atoms with Gasteiger partial charge in [0.15, 0.2) is 0 Å². The number of benzene rings is 8. The highest BCUT2D eigenvalue weighted by molar-refractivity contribution is 6.19. The second-order valence-electron chi connectivity index (χ2n) is 15.2. The molecule has 9 aromatic rings. The van der Waals surface area contributed by atoms with E-state index in [1.807, 2.05) is 0 Å². The number of nitrogens with zero attached hydrogens (tertiary/aromatic N) is 1. The lowest BCUT2D eigenvalue weighted by Crippen LogP contribution is -2.17. The van der Waals surface area contributed by atoms with Crippen LogP contribution in [-0.2, 0) is 11.8 Å². The molecule has 2 aliphatic rings. The maximum Gasteiger partial charge on any atom is 0.145 e. The molecule has 2 heteroatoms. The van der Waals surface area contributed by atoms with Crippen LogP contribution >= 0.6 is 0 Å². The fraction of sp³-hybridized carbons (Fsp3) is 0.0980. The van der Waals surface area contributed by atoms with Crippen LogP contribution in [0.3, 0.4) is 0 Å². The summed E-state index contributed by atoms with van der Waals surface area (Å²) in [4.78, 5) is 2.52. The number of fused-ring (bicyclic) bond motifs is 11. The van der Waals surface area contributed by atoms with Crippen molar-refractivity contribution in [2.45, 2.75) is 32.1 Å². The number of rotatable bonds is 4. The Bertz CT molecular complexity index is 2980. The van der Waals surface area contributed by atoms with Crippen LogP contribution in [0.25, 0.3) is 71.8 Å². The summed E-state index contributed by atoms with van der Waals surface area (Å²) in [6.45, 7) is 4.72. The van der Waals surface area contributed by atoms with E-state index in [1.54, 1.807) is 0 Å². The van der Waals surface area contributed by atoms with E-state index in [1.165, 1.54) is 71.7 Å². The molecule has 11 rings (SSSR count). The zero-order valence-corrected chi connectivity index (χ0v) is 29.9. The summed E-state index contributed by atoms with van der Waals surface area (Å²) < 4.78 is 6.96. The van der Waals surface area contributed by atoms with Gasteiger partial charge in [-0.3, -0.25) is 0 Å². The van der Waals surface area contributed by atoms with Gasteiger partial charge in [-0.15, -0.1) is 0 Å². The van der Waals surface area contributed by atoms with Crippen molar-refractivity contribution < 1.29 is 4.42 Å². The van der Waals surface area contributed by atoms with Gasteiger partial charge in [-0.2, -0.15) is 0 Å². The third-order valence-electron chi connectivity index (χ3n) is 11.9. The summed E-state index contributed by atoms with van der Waals surface area (Å²) in [5, 5.41) is 7.38. The number of para-hydroxylation sites is 1. The van der Waals surface area contributed by atoms with Crippen molar-refractivity contribution >= 4 is 66.6 Å². The van der Waals surface area contributed by atoms with Gasteiger partial charge in [-0.25, -0.2) is 0 Å². The summed E-state index contributed by atoms with van der Waals surface area (Å²) >= 11 is 0. The Labute approximate surface area is 309 Å². The number of allylic oxidation sites excluding steroid dienone is 1. The average molecular weight is 680 g/mol. The SMILES string of the molecule is CC1(C)c2ccccc2-c2c1cc(N(c1ccc(-c3ccc4ccccc4c3)cc1)c1cc3ccccc3c3c1C=CCC3)c1c2oc2ccccc21. The molecular formula is C51H37NO. The standard InChI is InChI=1S/C51H37NO/c1-51(2)43-21-11-9-19-41(43)48-44(51)31-46(49-42-20-10-12-22-47(42)53-50(48)49)52(45-30-36-15-5-6-16-38(36)39-17-7-8-18-40(39)45)37-27-25-33(26-28-37)35-24-23-32-13-3-4-14-34(32)29-35/h3-6,8-16,18-31H,7,17H2,1-2H3. The molecule has 0 atom stereocenters. The second kappa shape index (κ2) is 11.3. The van der Waals surface area contributed by atoms with E-state index < -0.39 is 0 Å². The highest BCUT2D eigenvalue weighted by Crippen LogP contribution is 2.57. The quantitative estimate of drug-likeness (QED) is 0.184. The molecule has 2 nitrogen and oxygen atoms in total. The van der Waals surface area contributed by atoms with Crippen molar-refractivity contribution in [3.05, 3.63) is 180 Å². The fourth-order valence-electron chi connectivity index (χ4n) is 9.28. The molecule has 1 heterocycles. The first-order chi connectivity index (χ1) is 26.0. The van der Waals surface area contributed by atoms with Gasteiger partial charge in [-0.1, -0.05) is 141 Å². The van der Waals surface area contributed by atoms with Gasteiger partial charge in [0.2, 0.25) is 0 Å². The Kier molecular flexibility index (Phi) is 6.46. The second-order valence-corrected chi connectivity index (χ2v) is 15.2. The van der Waals surface area contributed by atoms with Crippen LogP contribution in [-0.4, -0.2) is 0 Å². The van der Waals surface area contributed by atoms with E-state index in [-0.39, 0.29) is 5.41 Å². The Hall–Kier alpha value is -6.38. The number of hydrogen-bond donors (Lipinski definition) is 0. The van der Waals surface area contributed by atoms with Gasteiger partial charge >= 0.3 is 0 Å². The lowest BCUT2D eigenvalue weighted by Gasteiger charge is -2.32. The largest absolute Gasteiger partial charge is 0.455 e. The highest BCUT2D eigenvalue weighted by atomic mass is 16.3. The van der Waals surface area contributed by atoms with Crippen LogP contribution in [0.4, 0.5) is 17.1 Å². The monoisotopic (exact) mass is 679 g/mol. The number of hydrogen-bond acceptors (Lipinski definition) is 2. The van der Waals surface area contributed by atoms with Crippen LogP contribution in [0.5, 0.6) is 0 Å². The molecular weight excluding hydrogens is 643 g/mol. The first kappa shape index (κ1) is 30.3. The molecule has 0 amide bonds. The summed E-state index contributed by atoms with van der Waals surface area (Å²) in [5.41, 5.74) is 15.3. The molecule has 0 aliphatic heterocycles. The zero-order chi connectivity index (χ0) is 35.3. The summed E-state index contributed by atoms with van der Waals surface area (Å²) in [6.07, 6.45) is 6.76. The minimum absolute atomic E-state index is 0.206. The third kappa shape index (κ3) is 4.45. The van der Waals surface area contributed by atoms with E-state index in [9.17, 15) is 0 Å². The molecule has 0 spiro atoms. The maximum absolute atomic E-state index is 6.96. The van der Waals surface area contributed by atoms with Crippen molar-refractivity contribution in [3.8, 4) is 22.3 Å². The summed E-state index contributed by atoms with van der Waals surface area (Å²) in [7, 11) is 0. The Morgan fingerprint density at radius 3 is 2.17 bits per heavy atom. The molecule has 252 valence electrons. The number of furan rings is 1. The van der Waals surface area contributed by atoms with E-state index in [0.717, 1.165) is 46.2 Å². The van der Waals surface area contributed by atoms with E-state index in [2.05, 4.69) is 183 Å². The predicted octanol–water partition coefficient (Wildman–Crippen LogP) is 14.3. The van der Waals surface area contributed by atoms with Crippen LogP contribution in [0.1, 0.15) is 42.5 Å². The van der Waals surface area contributed by atoms with Gasteiger partial charge in [0.25, 0.3) is 0 Å². The van der Waals surface area contributed by atoms with Gasteiger partial charge in [-0.05, 0) is 104 Å². The summed E-state index contributed by atoms with van der Waals surface area (Å²) in [6, 6.07) is 55.7. The average Bonchev–Trinajstić information content (AvgIpc) is 3.71. The molecule has 0 radical (unpaired) electrons. The molecule has 0 N–H and O–H groups in total. The minimum atomic E-state index is -0.206. The van der Waals surface area contributed by atoms with Crippen LogP contribution in [0, 0.1) is 0 Å². The van der Waals surface area contributed by atoms with E-state index in [0.29, 0.717) is 0 Å². The lowest BCUT2D eigenvalue weighted by molar-refractivity contribution is 0.653. The molecule has 0 unspecified atom stereocenters. The topological polar surface area (TPSA) is 16.4 Å². The van der Waals surface area contributed by atoms with Gasteiger partial charge in [0.05, 0.1) is 16.8 Å². The van der Waals surface area contributed by atoms with Crippen molar-refractivity contribution in [2.24, 2.45) is 0 Å². The molecule has 0 fully saturated rings. The van der Waals surface area contributed by atoms with Crippen molar-refractivity contribution in [1.29, 1.82) is 0 Å². The van der Waals surface area contributed by atoms with Crippen LogP contribution in [0.2, 0.25) is 0 Å². The predicted molar refractivity (Wildman–Crippen MR) is 224 cm³/mol. The van der Waals surface area contributed by atoms with E-state index in [4.69, 9.17) is 4.42 Å². The lowest BCUT2D eigenvalue weighted by atomic mass is 9.82. The molecule has 8 aromatic carbocycles. The number of anilines is 3. The van der Waals surface area contributed by atoms with Crippen LogP contribution < -0.4 is 4.90 Å². The Balaban J connectivity index is 1.22. The normalized spacial score (nSPS) is 14.2. The fourth-order valence-corrected chi connectivity index (χ4v) is 9.28. The minimum Gasteiger partial charge on any atom is -0.455 e. The molecule has 0 saturated carbocycles. The first-order valence-corrected chi connectivity index (χ1v) is 18.7. The maximum atomic E-state index is 6.96.